The smallest absolute Gasteiger partial charge is 0.433 e. The normalized spacial score (nSPS) is 11.3. The fraction of sp³-hybridized carbons (Fsp3) is 0.0909. The predicted molar refractivity (Wildman–Crippen MR) is 118 cm³/mol. The summed E-state index contributed by atoms with van der Waals surface area (Å²) in [4.78, 5) is 28.0. The van der Waals surface area contributed by atoms with E-state index in [0.717, 1.165) is 11.3 Å². The highest BCUT2D eigenvalue weighted by Gasteiger charge is 2.12. The summed E-state index contributed by atoms with van der Waals surface area (Å²) in [5, 5.41) is 13.5. The third-order valence-corrected chi connectivity index (χ3v) is 5.32. The van der Waals surface area contributed by atoms with Crippen LogP contribution in [0.25, 0.3) is 17.0 Å². The third kappa shape index (κ3) is 4.51. The third-order valence-electron chi connectivity index (χ3n) is 4.52. The van der Waals surface area contributed by atoms with Crippen molar-refractivity contribution >= 4 is 34.6 Å². The van der Waals surface area contributed by atoms with Gasteiger partial charge in [0.25, 0.3) is 5.56 Å². The first-order valence-corrected chi connectivity index (χ1v) is 10.1. The Kier molecular flexibility index (Phi) is 5.85. The van der Waals surface area contributed by atoms with E-state index < -0.39 is 4.92 Å². The van der Waals surface area contributed by atoms with Crippen molar-refractivity contribution in [2.75, 3.05) is 7.11 Å². The van der Waals surface area contributed by atoms with Crippen LogP contribution in [0.15, 0.2) is 80.4 Å². The molecule has 2 aromatic heterocycles. The second-order valence-electron chi connectivity index (χ2n) is 6.50. The number of hydrogen-bond acceptors (Lipinski definition) is 7. The van der Waals surface area contributed by atoms with Gasteiger partial charge in [0.05, 0.1) is 30.6 Å². The first kappa shape index (κ1) is 20.4. The molecule has 31 heavy (non-hydrogen) atoms. The molecule has 4 aromatic rings. The fourth-order valence-electron chi connectivity index (χ4n) is 2.98. The van der Waals surface area contributed by atoms with Gasteiger partial charge < -0.3 is 9.15 Å². The molecule has 156 valence electrons. The first-order chi connectivity index (χ1) is 15.0. The lowest BCUT2D eigenvalue weighted by Gasteiger charge is -2.12. The molecule has 0 spiro atoms. The number of ether oxygens (including phenoxy) is 1. The van der Waals surface area contributed by atoms with E-state index in [1.54, 1.807) is 41.4 Å². The highest BCUT2D eigenvalue weighted by atomic mass is 32.2. The van der Waals surface area contributed by atoms with Gasteiger partial charge in [-0.15, -0.1) is 0 Å². The molecular weight excluding hydrogens is 418 g/mol. The van der Waals surface area contributed by atoms with Gasteiger partial charge in [0.1, 0.15) is 16.4 Å². The van der Waals surface area contributed by atoms with Crippen molar-refractivity contribution in [1.29, 1.82) is 0 Å². The van der Waals surface area contributed by atoms with E-state index in [0.29, 0.717) is 28.4 Å². The summed E-state index contributed by atoms with van der Waals surface area (Å²) < 4.78 is 11.9. The summed E-state index contributed by atoms with van der Waals surface area (Å²) in [7, 11) is 1.60. The van der Waals surface area contributed by atoms with Crippen LogP contribution in [0.3, 0.4) is 0 Å². The van der Waals surface area contributed by atoms with Crippen molar-refractivity contribution in [3.63, 3.8) is 0 Å². The van der Waals surface area contributed by atoms with Crippen LogP contribution < -0.4 is 10.3 Å². The molecule has 0 saturated heterocycles. The van der Waals surface area contributed by atoms with Crippen LogP contribution in [0.5, 0.6) is 5.75 Å². The Labute approximate surface area is 180 Å². The zero-order valence-electron chi connectivity index (χ0n) is 16.4. The second-order valence-corrected chi connectivity index (χ2v) is 7.38. The number of furan rings is 1. The molecule has 0 fully saturated rings. The molecule has 0 radical (unpaired) electrons. The number of fused-ring (bicyclic) bond motifs is 1. The molecule has 0 unspecified atom stereocenters. The Morgan fingerprint density at radius 3 is 2.65 bits per heavy atom. The number of nitrogens with zero attached hydrogens (tertiary/aromatic N) is 3. The topological polar surface area (TPSA) is 100 Å². The van der Waals surface area contributed by atoms with Gasteiger partial charge in [-0.1, -0.05) is 36.0 Å². The number of methoxy groups -OCH3 is 1. The second kappa shape index (κ2) is 8.88. The van der Waals surface area contributed by atoms with E-state index in [4.69, 9.17) is 9.15 Å². The molecule has 0 atom stereocenters. The number of benzene rings is 2. The standard InChI is InChI=1S/C22H17N3O5S/c1-29-16-8-6-15(7-9-16)14-24-21(26)18-4-2-3-5-19(18)23-22(24)31-13-12-17-10-11-20(30-17)25(27)28/h2-13H,14H2,1H3/b13-12+. The van der Waals surface area contributed by atoms with Crippen LogP contribution in [-0.4, -0.2) is 21.6 Å². The Morgan fingerprint density at radius 1 is 1.16 bits per heavy atom. The van der Waals surface area contributed by atoms with Crippen LogP contribution in [0.2, 0.25) is 0 Å². The van der Waals surface area contributed by atoms with Crippen molar-refractivity contribution < 1.29 is 14.1 Å². The molecule has 4 rings (SSSR count). The maximum absolute atomic E-state index is 13.2. The molecule has 2 aromatic carbocycles. The monoisotopic (exact) mass is 435 g/mol. The van der Waals surface area contributed by atoms with Gasteiger partial charge in [-0.05, 0) is 47.4 Å². The quantitative estimate of drug-likeness (QED) is 0.179. The Bertz CT molecular complexity index is 1330. The lowest BCUT2D eigenvalue weighted by Crippen LogP contribution is -2.23. The predicted octanol–water partition coefficient (Wildman–Crippen LogP) is 4.72. The molecule has 0 N–H and O–H groups in total. The van der Waals surface area contributed by atoms with Gasteiger partial charge in [-0.25, -0.2) is 4.98 Å². The lowest BCUT2D eigenvalue weighted by molar-refractivity contribution is -0.402. The maximum Gasteiger partial charge on any atom is 0.433 e. The van der Waals surface area contributed by atoms with Gasteiger partial charge >= 0.3 is 5.88 Å². The number of nitro groups is 1. The summed E-state index contributed by atoms with van der Waals surface area (Å²) >= 11 is 1.23. The van der Waals surface area contributed by atoms with Crippen LogP contribution >= 0.6 is 11.8 Å². The van der Waals surface area contributed by atoms with Gasteiger partial charge in [-0.2, -0.15) is 0 Å². The Hall–Kier alpha value is -3.85. The summed E-state index contributed by atoms with van der Waals surface area (Å²) in [6.45, 7) is 0.336. The van der Waals surface area contributed by atoms with Crippen molar-refractivity contribution in [3.05, 3.63) is 97.9 Å². The molecule has 2 heterocycles. The largest absolute Gasteiger partial charge is 0.497 e. The zero-order chi connectivity index (χ0) is 21.8. The highest BCUT2D eigenvalue weighted by molar-refractivity contribution is 8.02. The summed E-state index contributed by atoms with van der Waals surface area (Å²) in [5.74, 6) is 0.742. The molecule has 8 nitrogen and oxygen atoms in total. The molecular formula is C22H17N3O5S. The van der Waals surface area contributed by atoms with Crippen molar-refractivity contribution in [1.82, 2.24) is 9.55 Å². The summed E-state index contributed by atoms with van der Waals surface area (Å²) in [5.41, 5.74) is 1.38. The number of thioether (sulfide) groups is 1. The molecule has 0 saturated carbocycles. The average Bonchev–Trinajstić information content (AvgIpc) is 3.26. The lowest BCUT2D eigenvalue weighted by atomic mass is 10.2. The molecule has 0 amide bonds. The van der Waals surface area contributed by atoms with Crippen molar-refractivity contribution in [2.24, 2.45) is 0 Å². The van der Waals surface area contributed by atoms with Gasteiger partial charge in [-0.3, -0.25) is 19.5 Å². The zero-order valence-corrected chi connectivity index (χ0v) is 17.2. The van der Waals surface area contributed by atoms with E-state index in [-0.39, 0.29) is 11.4 Å². The van der Waals surface area contributed by atoms with Crippen LogP contribution in [-0.2, 0) is 6.54 Å². The van der Waals surface area contributed by atoms with Crippen LogP contribution in [0, 0.1) is 10.1 Å². The first-order valence-electron chi connectivity index (χ1n) is 9.25. The van der Waals surface area contributed by atoms with Crippen LogP contribution in [0.1, 0.15) is 11.3 Å². The van der Waals surface area contributed by atoms with Gasteiger partial charge in [0.15, 0.2) is 5.16 Å². The van der Waals surface area contributed by atoms with E-state index in [9.17, 15) is 14.9 Å². The van der Waals surface area contributed by atoms with E-state index in [1.807, 2.05) is 30.3 Å². The number of para-hydroxylation sites is 1. The average molecular weight is 435 g/mol. The fourth-order valence-corrected chi connectivity index (χ4v) is 3.73. The van der Waals surface area contributed by atoms with E-state index in [2.05, 4.69) is 4.98 Å². The minimum atomic E-state index is -0.595. The Balaban J connectivity index is 1.68. The van der Waals surface area contributed by atoms with E-state index in [1.165, 1.54) is 23.9 Å². The summed E-state index contributed by atoms with van der Waals surface area (Å²) in [6.07, 6.45) is 1.59. The number of rotatable bonds is 7. The molecule has 0 aliphatic carbocycles. The highest BCUT2D eigenvalue weighted by Crippen LogP contribution is 2.23. The minimum absolute atomic E-state index is 0.147. The number of hydrogen-bond donors (Lipinski definition) is 0. The maximum atomic E-state index is 13.2. The van der Waals surface area contributed by atoms with E-state index >= 15 is 0 Å². The summed E-state index contributed by atoms with van der Waals surface area (Å²) in [6, 6.07) is 17.4. The minimum Gasteiger partial charge on any atom is -0.497 e. The van der Waals surface area contributed by atoms with Crippen molar-refractivity contribution in [2.45, 2.75) is 11.7 Å². The molecule has 0 aliphatic rings. The number of aromatic nitrogens is 2. The molecule has 0 bridgehead atoms. The SMILES string of the molecule is COc1ccc(Cn2c(S/C=C/c3ccc([N+](=O)[O-])o3)nc3ccccc3c2=O)cc1. The molecule has 0 aliphatic heterocycles. The van der Waals surface area contributed by atoms with Gasteiger partial charge in [0.2, 0.25) is 0 Å². The van der Waals surface area contributed by atoms with Crippen molar-refractivity contribution in [3.8, 4) is 5.75 Å². The van der Waals surface area contributed by atoms with Crippen LogP contribution in [0.4, 0.5) is 5.88 Å². The Morgan fingerprint density at radius 2 is 1.94 bits per heavy atom. The van der Waals surface area contributed by atoms with Gasteiger partial charge in [0, 0.05) is 0 Å². The molecule has 9 heteroatoms.